The van der Waals surface area contributed by atoms with Crippen molar-refractivity contribution in [1.29, 1.82) is 0 Å². The lowest BCUT2D eigenvalue weighted by molar-refractivity contribution is -0.140. The first-order valence-corrected chi connectivity index (χ1v) is 10.7. The van der Waals surface area contributed by atoms with Crippen molar-refractivity contribution >= 4 is 23.5 Å². The van der Waals surface area contributed by atoms with Gasteiger partial charge in [-0.2, -0.15) is 0 Å². The Morgan fingerprint density at radius 2 is 1.84 bits per heavy atom. The first-order valence-electron chi connectivity index (χ1n) is 10.7. The molecule has 0 spiro atoms. The average molecular weight is 430 g/mol. The maximum absolute atomic E-state index is 13.5. The van der Waals surface area contributed by atoms with E-state index >= 15 is 0 Å². The molecule has 7 heteroatoms. The molecule has 1 aromatic carbocycles. The third-order valence-corrected chi connectivity index (χ3v) is 5.72. The molecule has 3 N–H and O–H groups in total. The molecule has 0 saturated carbocycles. The van der Waals surface area contributed by atoms with Gasteiger partial charge in [-0.25, -0.2) is 4.79 Å². The fourth-order valence-corrected chi connectivity index (χ4v) is 3.78. The van der Waals surface area contributed by atoms with Crippen molar-refractivity contribution in [2.75, 3.05) is 12.4 Å². The quantitative estimate of drug-likeness (QED) is 0.579. The number of hydrogen-bond donors (Lipinski definition) is 3. The van der Waals surface area contributed by atoms with Crippen LogP contribution in [0.1, 0.15) is 47.1 Å². The van der Waals surface area contributed by atoms with Gasteiger partial charge in [0, 0.05) is 24.7 Å². The predicted octanol–water partition coefficient (Wildman–Crippen LogP) is 3.07. The molecule has 0 aromatic heterocycles. The fourth-order valence-electron chi connectivity index (χ4n) is 3.78. The van der Waals surface area contributed by atoms with Crippen LogP contribution >= 0.6 is 0 Å². The molecule has 0 bridgehead atoms. The second-order valence-electron chi connectivity index (χ2n) is 9.70. The maximum Gasteiger partial charge on any atom is 0.331 e. The van der Waals surface area contributed by atoms with E-state index in [1.165, 1.54) is 6.92 Å². The van der Waals surface area contributed by atoms with Crippen molar-refractivity contribution in [2.45, 2.75) is 66.1 Å². The van der Waals surface area contributed by atoms with Gasteiger partial charge in [-0.1, -0.05) is 58.9 Å². The second kappa shape index (κ2) is 9.54. The Morgan fingerprint density at radius 1 is 1.23 bits per heavy atom. The molecule has 3 atom stereocenters. The summed E-state index contributed by atoms with van der Waals surface area (Å²) < 4.78 is 0. The van der Waals surface area contributed by atoms with Crippen LogP contribution in [0, 0.1) is 11.3 Å². The largest absolute Gasteiger partial charge is 0.478 e. The zero-order valence-electron chi connectivity index (χ0n) is 19.5. The minimum Gasteiger partial charge on any atom is -0.478 e. The number of nitrogens with zero attached hydrogens (tertiary/aromatic N) is 1. The van der Waals surface area contributed by atoms with Crippen molar-refractivity contribution in [3.63, 3.8) is 0 Å². The van der Waals surface area contributed by atoms with Gasteiger partial charge in [0.05, 0.1) is 6.04 Å². The number of carboxylic acid groups (broad SMARTS) is 1. The molecule has 31 heavy (non-hydrogen) atoms. The molecule has 0 fully saturated rings. The lowest BCUT2D eigenvalue weighted by Gasteiger charge is -2.37. The summed E-state index contributed by atoms with van der Waals surface area (Å²) in [6.45, 7) is 11.1. The van der Waals surface area contributed by atoms with E-state index in [-0.39, 0.29) is 23.3 Å². The van der Waals surface area contributed by atoms with Gasteiger partial charge in [0.15, 0.2) is 0 Å². The lowest BCUT2D eigenvalue weighted by atomic mass is 9.85. The van der Waals surface area contributed by atoms with E-state index in [0.717, 1.165) is 11.3 Å². The molecule has 1 aliphatic heterocycles. The van der Waals surface area contributed by atoms with E-state index in [4.69, 9.17) is 0 Å². The number of nitrogens with one attached hydrogen (secondary N) is 2. The standard InChI is InChI=1S/C24H35N3O4/c1-14(2)19(12-15(3)23(30)31)27(7)22(29)20(24(4,5)6)26-21(28)18-13-16-10-8-9-11-17(16)25-18/h8-12,14,18-20,25H,13H2,1-7H3,(H,26,28)(H,30,31)/b15-12+/t18-,19+,20+/m0/s1. The number of rotatable bonds is 7. The first-order chi connectivity index (χ1) is 14.3. The Bertz CT molecular complexity index is 845. The third kappa shape index (κ3) is 5.87. The number of fused-ring (bicyclic) bond motifs is 1. The minimum absolute atomic E-state index is 0.00516. The molecule has 1 heterocycles. The summed E-state index contributed by atoms with van der Waals surface area (Å²) in [7, 11) is 1.66. The van der Waals surface area contributed by atoms with Crippen molar-refractivity contribution in [3.05, 3.63) is 41.5 Å². The summed E-state index contributed by atoms with van der Waals surface area (Å²) in [6, 6.07) is 6.19. The molecular formula is C24H35N3O4. The van der Waals surface area contributed by atoms with Gasteiger partial charge in [-0.3, -0.25) is 9.59 Å². The van der Waals surface area contributed by atoms with Gasteiger partial charge in [0.2, 0.25) is 11.8 Å². The monoisotopic (exact) mass is 429 g/mol. The Kier molecular flexibility index (Phi) is 7.52. The van der Waals surface area contributed by atoms with Crippen molar-refractivity contribution in [3.8, 4) is 0 Å². The Labute approximate surface area is 184 Å². The number of carboxylic acids is 1. The summed E-state index contributed by atoms with van der Waals surface area (Å²) >= 11 is 0. The topological polar surface area (TPSA) is 98.7 Å². The fraction of sp³-hybridized carbons (Fsp3) is 0.542. The number of likely N-dealkylation sites (N-methyl/N-ethyl adjacent to an activating group) is 1. The molecule has 0 unspecified atom stereocenters. The van der Waals surface area contributed by atoms with Crippen LogP contribution in [0.2, 0.25) is 0 Å². The molecule has 0 aliphatic carbocycles. The van der Waals surface area contributed by atoms with Gasteiger partial charge < -0.3 is 20.6 Å². The van der Waals surface area contributed by atoms with Crippen LogP contribution in [0.25, 0.3) is 0 Å². The van der Waals surface area contributed by atoms with Crippen LogP contribution in [-0.2, 0) is 20.8 Å². The predicted molar refractivity (Wildman–Crippen MR) is 122 cm³/mol. The van der Waals surface area contributed by atoms with Gasteiger partial charge >= 0.3 is 5.97 Å². The first kappa shape index (κ1) is 24.4. The summed E-state index contributed by atoms with van der Waals surface area (Å²) in [4.78, 5) is 39.3. The zero-order chi connectivity index (χ0) is 23.5. The molecule has 1 aliphatic rings. The molecule has 2 amide bonds. The SMILES string of the molecule is C/C(=C\[C@H](C(C)C)N(C)C(=O)[C@@H](NC(=O)[C@@H]1Cc2ccccc2N1)C(C)(C)C)C(=O)O. The van der Waals surface area contributed by atoms with Crippen LogP contribution in [0.5, 0.6) is 0 Å². The smallest absolute Gasteiger partial charge is 0.331 e. The third-order valence-electron chi connectivity index (χ3n) is 5.72. The molecule has 7 nitrogen and oxygen atoms in total. The lowest BCUT2D eigenvalue weighted by Crippen LogP contribution is -2.58. The molecule has 170 valence electrons. The molecular weight excluding hydrogens is 394 g/mol. The summed E-state index contributed by atoms with van der Waals surface area (Å²) in [6.07, 6.45) is 2.17. The number of carbonyl (C=O) groups excluding carboxylic acids is 2. The molecule has 0 radical (unpaired) electrons. The number of aliphatic carboxylic acids is 1. The zero-order valence-corrected chi connectivity index (χ0v) is 19.5. The molecule has 0 saturated heterocycles. The highest BCUT2D eigenvalue weighted by atomic mass is 16.4. The van der Waals surface area contributed by atoms with E-state index < -0.39 is 29.5 Å². The van der Waals surface area contributed by atoms with Crippen LogP contribution in [0.15, 0.2) is 35.9 Å². The Morgan fingerprint density at radius 3 is 2.35 bits per heavy atom. The molecule has 2 rings (SSSR count). The van der Waals surface area contributed by atoms with Gasteiger partial charge in [-0.15, -0.1) is 0 Å². The number of carbonyl (C=O) groups is 3. The van der Waals surface area contributed by atoms with Gasteiger partial charge in [0.25, 0.3) is 0 Å². The average Bonchev–Trinajstić information content (AvgIpc) is 3.12. The summed E-state index contributed by atoms with van der Waals surface area (Å²) in [5.41, 5.74) is 1.67. The van der Waals surface area contributed by atoms with Crippen LogP contribution in [0.3, 0.4) is 0 Å². The highest BCUT2D eigenvalue weighted by molar-refractivity contribution is 5.93. The van der Waals surface area contributed by atoms with Crippen LogP contribution in [0.4, 0.5) is 5.69 Å². The highest BCUT2D eigenvalue weighted by Crippen LogP contribution is 2.27. The second-order valence-corrected chi connectivity index (χ2v) is 9.70. The van der Waals surface area contributed by atoms with E-state index in [0.29, 0.717) is 6.42 Å². The minimum atomic E-state index is -1.01. The Balaban J connectivity index is 2.21. The highest BCUT2D eigenvalue weighted by Gasteiger charge is 2.39. The van der Waals surface area contributed by atoms with Gasteiger partial charge in [0.1, 0.15) is 12.1 Å². The number of hydrogen-bond acceptors (Lipinski definition) is 4. The van der Waals surface area contributed by atoms with Crippen LogP contribution < -0.4 is 10.6 Å². The normalized spacial score (nSPS) is 18.1. The van der Waals surface area contributed by atoms with Crippen molar-refractivity contribution in [2.24, 2.45) is 11.3 Å². The van der Waals surface area contributed by atoms with E-state index in [2.05, 4.69) is 10.6 Å². The number of para-hydroxylation sites is 1. The van der Waals surface area contributed by atoms with Crippen LogP contribution in [-0.4, -0.2) is 53.0 Å². The summed E-state index contributed by atoms with van der Waals surface area (Å²) in [5, 5.41) is 15.4. The Hall–Kier alpha value is -2.83. The van der Waals surface area contributed by atoms with Gasteiger partial charge in [-0.05, 0) is 29.9 Å². The van der Waals surface area contributed by atoms with E-state index in [1.54, 1.807) is 18.0 Å². The maximum atomic E-state index is 13.5. The summed E-state index contributed by atoms with van der Waals surface area (Å²) in [5.74, 6) is -1.48. The number of amides is 2. The number of anilines is 1. The van der Waals surface area contributed by atoms with E-state index in [9.17, 15) is 19.5 Å². The number of benzene rings is 1. The molecule has 1 aromatic rings. The van der Waals surface area contributed by atoms with E-state index in [1.807, 2.05) is 58.9 Å². The van der Waals surface area contributed by atoms with Crippen molar-refractivity contribution < 1.29 is 19.5 Å². The van der Waals surface area contributed by atoms with Crippen molar-refractivity contribution in [1.82, 2.24) is 10.2 Å².